The third-order valence-electron chi connectivity index (χ3n) is 3.05. The summed E-state index contributed by atoms with van der Waals surface area (Å²) >= 11 is 1.13. The summed E-state index contributed by atoms with van der Waals surface area (Å²) in [5, 5.41) is 4.31. The summed E-state index contributed by atoms with van der Waals surface area (Å²) in [5.74, 6) is 0.953. The Morgan fingerprint density at radius 3 is 2.88 bits per heavy atom. The number of hydrazone groups is 1. The Balaban J connectivity index is 2.03. The van der Waals surface area contributed by atoms with E-state index < -0.39 is 0 Å². The van der Waals surface area contributed by atoms with Crippen molar-refractivity contribution in [3.63, 3.8) is 0 Å². The number of benzene rings is 1. The van der Waals surface area contributed by atoms with Crippen LogP contribution in [0.1, 0.15) is 34.3 Å². The minimum Gasteiger partial charge on any atom is -0.493 e. The van der Waals surface area contributed by atoms with Gasteiger partial charge in [0.1, 0.15) is 4.88 Å². The van der Waals surface area contributed by atoms with E-state index in [1.54, 1.807) is 20.1 Å². The molecule has 0 saturated heterocycles. The van der Waals surface area contributed by atoms with Crippen molar-refractivity contribution in [2.24, 2.45) is 5.10 Å². The van der Waals surface area contributed by atoms with Gasteiger partial charge in [0.05, 0.1) is 25.6 Å². The number of carbonyl (C=O) groups excluding carboxylic acids is 1. The normalized spacial score (nSPS) is 10.8. The molecule has 1 heterocycles. The number of thiazole rings is 1. The lowest BCUT2D eigenvalue weighted by Crippen LogP contribution is -2.17. The van der Waals surface area contributed by atoms with Crippen LogP contribution in [0.2, 0.25) is 0 Å². The topological polar surface area (TPSA) is 98.8 Å². The van der Waals surface area contributed by atoms with Gasteiger partial charge in [-0.15, -0.1) is 0 Å². The van der Waals surface area contributed by atoms with Crippen LogP contribution in [0, 0.1) is 6.92 Å². The van der Waals surface area contributed by atoms with Crippen molar-refractivity contribution < 1.29 is 14.3 Å². The van der Waals surface area contributed by atoms with E-state index in [0.717, 1.165) is 23.3 Å². The minimum absolute atomic E-state index is 0.340. The van der Waals surface area contributed by atoms with Crippen molar-refractivity contribution in [2.45, 2.75) is 20.3 Å². The molecule has 0 bridgehead atoms. The number of hydrogen-bond acceptors (Lipinski definition) is 7. The summed E-state index contributed by atoms with van der Waals surface area (Å²) in [4.78, 5) is 16.5. The van der Waals surface area contributed by atoms with Gasteiger partial charge in [0.25, 0.3) is 5.91 Å². The Morgan fingerprint density at radius 2 is 2.25 bits per heavy atom. The molecule has 0 aliphatic carbocycles. The summed E-state index contributed by atoms with van der Waals surface area (Å²) < 4.78 is 10.9. The second kappa shape index (κ2) is 8.30. The number of aromatic nitrogens is 1. The molecule has 0 unspecified atom stereocenters. The molecular formula is C16H20N4O3S. The molecule has 24 heavy (non-hydrogen) atoms. The van der Waals surface area contributed by atoms with Crippen LogP contribution in [-0.2, 0) is 0 Å². The molecule has 2 aromatic rings. The number of aryl methyl sites for hydroxylation is 1. The molecule has 0 saturated carbocycles. The van der Waals surface area contributed by atoms with Crippen molar-refractivity contribution >= 4 is 28.6 Å². The van der Waals surface area contributed by atoms with E-state index in [1.807, 2.05) is 19.1 Å². The average molecular weight is 348 g/mol. The highest BCUT2D eigenvalue weighted by atomic mass is 32.1. The lowest BCUT2D eigenvalue weighted by Gasteiger charge is -2.10. The number of nitrogens with two attached hydrogens (primary N) is 1. The first kappa shape index (κ1) is 17.7. The van der Waals surface area contributed by atoms with Gasteiger partial charge < -0.3 is 15.2 Å². The Bertz CT molecular complexity index is 743. The molecule has 0 aliphatic heterocycles. The number of amides is 1. The second-order valence-electron chi connectivity index (χ2n) is 4.92. The van der Waals surface area contributed by atoms with Crippen molar-refractivity contribution in [3.8, 4) is 11.5 Å². The average Bonchev–Trinajstić information content (AvgIpc) is 2.91. The molecular weight excluding hydrogens is 328 g/mol. The van der Waals surface area contributed by atoms with Crippen LogP contribution in [-0.4, -0.2) is 30.8 Å². The zero-order valence-corrected chi connectivity index (χ0v) is 14.6. The van der Waals surface area contributed by atoms with E-state index in [2.05, 4.69) is 15.5 Å². The maximum absolute atomic E-state index is 12.0. The third kappa shape index (κ3) is 4.45. The Hall–Kier alpha value is -2.61. The Morgan fingerprint density at radius 1 is 1.46 bits per heavy atom. The van der Waals surface area contributed by atoms with E-state index in [1.165, 1.54) is 6.21 Å². The largest absolute Gasteiger partial charge is 0.493 e. The molecule has 2 rings (SSSR count). The number of nitrogens with zero attached hydrogens (tertiary/aromatic N) is 2. The van der Waals surface area contributed by atoms with Crippen molar-refractivity contribution in [2.75, 3.05) is 19.5 Å². The van der Waals surface area contributed by atoms with Crippen molar-refractivity contribution in [1.29, 1.82) is 0 Å². The van der Waals surface area contributed by atoms with Crippen molar-refractivity contribution in [3.05, 3.63) is 34.3 Å². The van der Waals surface area contributed by atoms with Crippen LogP contribution >= 0.6 is 11.3 Å². The van der Waals surface area contributed by atoms with Gasteiger partial charge in [-0.1, -0.05) is 18.3 Å². The van der Waals surface area contributed by atoms with E-state index in [0.29, 0.717) is 33.8 Å². The highest BCUT2D eigenvalue weighted by Gasteiger charge is 2.13. The van der Waals surface area contributed by atoms with Crippen LogP contribution in [0.3, 0.4) is 0 Å². The maximum atomic E-state index is 12.0. The van der Waals surface area contributed by atoms with Crippen LogP contribution in [0.25, 0.3) is 0 Å². The summed E-state index contributed by atoms with van der Waals surface area (Å²) in [6, 6.07) is 5.43. The number of nitrogen functional groups attached to an aromatic ring is 1. The van der Waals surface area contributed by atoms with Gasteiger partial charge in [-0.05, 0) is 37.1 Å². The molecule has 8 heteroatoms. The van der Waals surface area contributed by atoms with Gasteiger partial charge in [-0.2, -0.15) is 5.10 Å². The van der Waals surface area contributed by atoms with E-state index in [4.69, 9.17) is 15.2 Å². The molecule has 0 atom stereocenters. The quantitative estimate of drug-likeness (QED) is 0.592. The highest BCUT2D eigenvalue weighted by Crippen LogP contribution is 2.27. The first-order chi connectivity index (χ1) is 11.5. The minimum atomic E-state index is -0.340. The van der Waals surface area contributed by atoms with E-state index >= 15 is 0 Å². The first-order valence-electron chi connectivity index (χ1n) is 7.42. The smallest absolute Gasteiger partial charge is 0.283 e. The standard InChI is InChI=1S/C16H20N4O3S/c1-4-7-23-12-6-5-11(8-13(12)22-3)9-18-20-15(21)14-10(2)19-16(17)24-14/h5-6,8-9H,4,7H2,1-3H3,(H2,17,19)(H,20,21)/b18-9+. The van der Waals surface area contributed by atoms with Gasteiger partial charge in [-0.25, -0.2) is 10.4 Å². The molecule has 3 N–H and O–H groups in total. The van der Waals surface area contributed by atoms with Crippen LogP contribution in [0.5, 0.6) is 11.5 Å². The predicted molar refractivity (Wildman–Crippen MR) is 95.1 cm³/mol. The van der Waals surface area contributed by atoms with Crippen LogP contribution < -0.4 is 20.6 Å². The van der Waals surface area contributed by atoms with E-state index in [9.17, 15) is 4.79 Å². The molecule has 128 valence electrons. The SMILES string of the molecule is CCCOc1ccc(/C=N/NC(=O)c2sc(N)nc2C)cc1OC. The lowest BCUT2D eigenvalue weighted by atomic mass is 10.2. The van der Waals surface area contributed by atoms with Gasteiger partial charge in [0.15, 0.2) is 16.6 Å². The number of carbonyl (C=O) groups is 1. The molecule has 0 aliphatic rings. The fourth-order valence-electron chi connectivity index (χ4n) is 1.94. The first-order valence-corrected chi connectivity index (χ1v) is 8.24. The van der Waals surface area contributed by atoms with E-state index in [-0.39, 0.29) is 5.91 Å². The zero-order valence-electron chi connectivity index (χ0n) is 13.8. The molecule has 1 aromatic carbocycles. The fourth-order valence-corrected chi connectivity index (χ4v) is 2.66. The molecule has 7 nitrogen and oxygen atoms in total. The predicted octanol–water partition coefficient (Wildman–Crippen LogP) is 2.60. The number of rotatable bonds is 7. The number of nitrogens with one attached hydrogen (secondary N) is 1. The molecule has 1 amide bonds. The zero-order chi connectivity index (χ0) is 17.5. The second-order valence-corrected chi connectivity index (χ2v) is 5.96. The number of methoxy groups -OCH3 is 1. The summed E-state index contributed by atoms with van der Waals surface area (Å²) in [6.45, 7) is 4.39. The van der Waals surface area contributed by atoms with Gasteiger partial charge in [-0.3, -0.25) is 4.79 Å². The monoisotopic (exact) mass is 348 g/mol. The molecule has 1 aromatic heterocycles. The lowest BCUT2D eigenvalue weighted by molar-refractivity contribution is 0.0958. The highest BCUT2D eigenvalue weighted by molar-refractivity contribution is 7.17. The third-order valence-corrected chi connectivity index (χ3v) is 4.03. The van der Waals surface area contributed by atoms with Crippen LogP contribution in [0.4, 0.5) is 5.13 Å². The van der Waals surface area contributed by atoms with Crippen LogP contribution in [0.15, 0.2) is 23.3 Å². The fraction of sp³-hybridized carbons (Fsp3) is 0.312. The number of ether oxygens (including phenoxy) is 2. The summed E-state index contributed by atoms with van der Waals surface area (Å²) in [5.41, 5.74) is 9.40. The maximum Gasteiger partial charge on any atom is 0.283 e. The summed E-state index contributed by atoms with van der Waals surface area (Å²) in [7, 11) is 1.58. The Labute approximate surface area is 144 Å². The van der Waals surface area contributed by atoms with Gasteiger partial charge in [0, 0.05) is 0 Å². The molecule has 0 fully saturated rings. The molecule has 0 radical (unpaired) electrons. The van der Waals surface area contributed by atoms with Crippen molar-refractivity contribution in [1.82, 2.24) is 10.4 Å². The van der Waals surface area contributed by atoms with Gasteiger partial charge in [0.2, 0.25) is 0 Å². The summed E-state index contributed by atoms with van der Waals surface area (Å²) in [6.07, 6.45) is 2.45. The number of hydrogen-bond donors (Lipinski definition) is 2. The van der Waals surface area contributed by atoms with Gasteiger partial charge >= 0.3 is 0 Å². The number of anilines is 1. The molecule has 0 spiro atoms. The Kier molecular flexibility index (Phi) is 6.14.